The summed E-state index contributed by atoms with van der Waals surface area (Å²) in [5.74, 6) is -1.17. The Bertz CT molecular complexity index is 567. The quantitative estimate of drug-likeness (QED) is 0.474. The summed E-state index contributed by atoms with van der Waals surface area (Å²) in [6.45, 7) is 3.76. The Labute approximate surface area is 141 Å². The molecule has 1 rings (SSSR count). The second-order valence-corrected chi connectivity index (χ2v) is 7.00. The molecule has 0 aliphatic heterocycles. The molecule has 9 heteroatoms. The molecule has 1 atom stereocenters. The summed E-state index contributed by atoms with van der Waals surface area (Å²) in [6.07, 6.45) is -0.528. The van der Waals surface area contributed by atoms with Crippen LogP contribution in [0, 0.1) is 0 Å². The average molecular weight is 361 g/mol. The van der Waals surface area contributed by atoms with Crippen LogP contribution in [0.4, 0.5) is 0 Å². The average Bonchev–Trinajstić information content (AvgIpc) is 2.56. The van der Waals surface area contributed by atoms with Crippen LogP contribution < -0.4 is 0 Å². The normalized spacial score (nSPS) is 13.2. The van der Waals surface area contributed by atoms with Crippen molar-refractivity contribution < 1.29 is 33.0 Å². The van der Waals surface area contributed by atoms with Gasteiger partial charge in [0.15, 0.2) is 6.29 Å². The zero-order chi connectivity index (χ0) is 18.2. The Balaban J connectivity index is 3.33. The Kier molecular flexibility index (Phi) is 8.52. The van der Waals surface area contributed by atoms with Gasteiger partial charge in [0.05, 0.1) is 18.9 Å². The van der Waals surface area contributed by atoms with Crippen LogP contribution in [0.2, 0.25) is 0 Å². The van der Waals surface area contributed by atoms with Crippen LogP contribution in [0.1, 0.15) is 42.1 Å². The van der Waals surface area contributed by atoms with Gasteiger partial charge in [-0.05, 0) is 26.0 Å². The van der Waals surface area contributed by atoms with Gasteiger partial charge in [0.1, 0.15) is 11.4 Å². The molecule has 1 N–H and O–H groups in total. The maximum Gasteiger partial charge on any atom is 0.354 e. The van der Waals surface area contributed by atoms with Crippen molar-refractivity contribution in [2.75, 3.05) is 27.4 Å². The van der Waals surface area contributed by atoms with E-state index in [4.69, 9.17) is 23.6 Å². The number of carboxylic acids is 1. The monoisotopic (exact) mass is 361 g/mol. The second-order valence-electron chi connectivity index (χ2n) is 4.78. The van der Waals surface area contributed by atoms with Crippen LogP contribution in [0.15, 0.2) is 18.2 Å². The third-order valence-corrected chi connectivity index (χ3v) is 5.75. The molecule has 0 spiro atoms. The highest BCUT2D eigenvalue weighted by Crippen LogP contribution is 2.62. The van der Waals surface area contributed by atoms with Crippen molar-refractivity contribution >= 4 is 13.6 Å². The highest BCUT2D eigenvalue weighted by atomic mass is 31.2. The molecule has 0 aliphatic carbocycles. The Morgan fingerprint density at radius 2 is 1.79 bits per heavy atom. The Morgan fingerprint density at radius 1 is 1.21 bits per heavy atom. The number of carboxylic acid groups (broad SMARTS) is 1. The number of rotatable bonds is 11. The van der Waals surface area contributed by atoms with E-state index in [1.54, 1.807) is 19.9 Å². The fraction of sp³-hybridized carbons (Fsp3) is 0.600. The fourth-order valence-electron chi connectivity index (χ4n) is 2.22. The van der Waals surface area contributed by atoms with E-state index in [2.05, 4.69) is 4.98 Å². The molecule has 1 heterocycles. The first-order chi connectivity index (χ1) is 11.4. The van der Waals surface area contributed by atoms with Gasteiger partial charge in [0.25, 0.3) is 0 Å². The number of ether oxygens (including phenoxy) is 2. The minimum absolute atomic E-state index is 0.139. The van der Waals surface area contributed by atoms with Gasteiger partial charge in [-0.2, -0.15) is 0 Å². The third-order valence-electron chi connectivity index (χ3n) is 3.27. The zero-order valence-corrected chi connectivity index (χ0v) is 15.2. The van der Waals surface area contributed by atoms with Crippen molar-refractivity contribution in [3.63, 3.8) is 0 Å². The minimum Gasteiger partial charge on any atom is -0.477 e. The lowest BCUT2D eigenvalue weighted by atomic mass is 10.2. The van der Waals surface area contributed by atoms with Crippen molar-refractivity contribution in [3.8, 4) is 0 Å². The molecule has 0 saturated carbocycles. The summed E-state index contributed by atoms with van der Waals surface area (Å²) < 4.78 is 34.4. The molecule has 0 aromatic carbocycles. The minimum atomic E-state index is -3.60. The number of methoxy groups -OCH3 is 2. The molecule has 1 unspecified atom stereocenters. The highest BCUT2D eigenvalue weighted by Gasteiger charge is 2.40. The number of nitrogens with zero attached hydrogens (tertiary/aromatic N) is 1. The van der Waals surface area contributed by atoms with Crippen molar-refractivity contribution in [1.29, 1.82) is 0 Å². The first kappa shape index (κ1) is 20.7. The van der Waals surface area contributed by atoms with Gasteiger partial charge in [-0.3, -0.25) is 4.57 Å². The van der Waals surface area contributed by atoms with Crippen molar-refractivity contribution in [2.45, 2.75) is 32.2 Å². The molecular weight excluding hydrogens is 337 g/mol. The molecule has 136 valence electrons. The van der Waals surface area contributed by atoms with E-state index in [0.29, 0.717) is 5.69 Å². The topological polar surface area (TPSA) is 104 Å². The SMILES string of the molecule is CCOP(=O)(OCC)C(CC(OC)OC)c1cccc(C(=O)O)n1. The lowest BCUT2D eigenvalue weighted by Crippen LogP contribution is -2.20. The Hall–Kier alpha value is -1.31. The maximum absolute atomic E-state index is 13.2. The predicted octanol–water partition coefficient (Wildman–Crippen LogP) is 3.10. The smallest absolute Gasteiger partial charge is 0.354 e. The first-order valence-electron chi connectivity index (χ1n) is 7.56. The number of hydrogen-bond acceptors (Lipinski definition) is 7. The number of carbonyl (C=O) groups is 1. The predicted molar refractivity (Wildman–Crippen MR) is 87.2 cm³/mol. The van der Waals surface area contributed by atoms with Gasteiger partial charge in [0, 0.05) is 20.6 Å². The van der Waals surface area contributed by atoms with Crippen LogP contribution in [-0.2, 0) is 23.1 Å². The summed E-state index contributed by atoms with van der Waals surface area (Å²) in [7, 11) is -0.683. The van der Waals surface area contributed by atoms with Gasteiger partial charge in [0.2, 0.25) is 0 Å². The van der Waals surface area contributed by atoms with E-state index < -0.39 is 25.5 Å². The van der Waals surface area contributed by atoms with Crippen LogP contribution >= 0.6 is 7.60 Å². The molecule has 0 aliphatic rings. The molecule has 8 nitrogen and oxygen atoms in total. The van der Waals surface area contributed by atoms with Gasteiger partial charge in [-0.25, -0.2) is 9.78 Å². The van der Waals surface area contributed by atoms with Crippen LogP contribution in [0.25, 0.3) is 0 Å². The molecular formula is C15H24NO7P. The van der Waals surface area contributed by atoms with E-state index >= 15 is 0 Å². The van der Waals surface area contributed by atoms with E-state index in [1.807, 2.05) is 0 Å². The van der Waals surface area contributed by atoms with Crippen molar-refractivity contribution in [1.82, 2.24) is 4.98 Å². The molecule has 1 aromatic heterocycles. The fourth-order valence-corrected chi connectivity index (χ4v) is 4.27. The number of pyridine rings is 1. The molecule has 24 heavy (non-hydrogen) atoms. The highest BCUT2D eigenvalue weighted by molar-refractivity contribution is 7.54. The number of aromatic carboxylic acids is 1. The third kappa shape index (κ3) is 5.36. The van der Waals surface area contributed by atoms with Crippen molar-refractivity contribution in [3.05, 3.63) is 29.6 Å². The van der Waals surface area contributed by atoms with Gasteiger partial charge < -0.3 is 23.6 Å². The van der Waals surface area contributed by atoms with Crippen LogP contribution in [0.5, 0.6) is 0 Å². The molecule has 1 aromatic rings. The number of aromatic nitrogens is 1. The van der Waals surface area contributed by atoms with Gasteiger partial charge in [-0.15, -0.1) is 0 Å². The summed E-state index contributed by atoms with van der Waals surface area (Å²) >= 11 is 0. The van der Waals surface area contributed by atoms with E-state index in [1.165, 1.54) is 26.4 Å². The zero-order valence-electron chi connectivity index (χ0n) is 14.3. The summed E-state index contributed by atoms with van der Waals surface area (Å²) in [4.78, 5) is 15.2. The first-order valence-corrected chi connectivity index (χ1v) is 9.17. The van der Waals surface area contributed by atoms with E-state index in [-0.39, 0.29) is 25.3 Å². The molecule has 0 fully saturated rings. The van der Waals surface area contributed by atoms with Crippen LogP contribution in [0.3, 0.4) is 0 Å². The standard InChI is InChI=1S/C15H24NO7P/c1-5-22-24(19,23-6-2)13(10-14(20-3)21-4)11-8-7-9-12(16-11)15(17)18/h7-9,13-14H,5-6,10H2,1-4H3,(H,17,18). The lowest BCUT2D eigenvalue weighted by Gasteiger charge is -2.28. The summed E-state index contributed by atoms with van der Waals surface area (Å²) in [6, 6.07) is 4.49. The molecule has 0 bridgehead atoms. The van der Waals surface area contributed by atoms with Gasteiger partial charge in [-0.1, -0.05) is 6.07 Å². The van der Waals surface area contributed by atoms with E-state index in [9.17, 15) is 9.36 Å². The van der Waals surface area contributed by atoms with Crippen molar-refractivity contribution in [2.24, 2.45) is 0 Å². The molecule has 0 saturated heterocycles. The Morgan fingerprint density at radius 3 is 2.25 bits per heavy atom. The maximum atomic E-state index is 13.2. The number of hydrogen-bond donors (Lipinski definition) is 1. The molecule has 0 radical (unpaired) electrons. The largest absolute Gasteiger partial charge is 0.477 e. The second kappa shape index (κ2) is 9.86. The lowest BCUT2D eigenvalue weighted by molar-refractivity contribution is -0.107. The summed E-state index contributed by atoms with van der Waals surface area (Å²) in [5, 5.41) is 9.13. The summed E-state index contributed by atoms with van der Waals surface area (Å²) in [5.41, 5.74) is -0.677. The van der Waals surface area contributed by atoms with Gasteiger partial charge >= 0.3 is 13.6 Å². The van der Waals surface area contributed by atoms with E-state index in [0.717, 1.165) is 0 Å². The molecule has 0 amide bonds. The van der Waals surface area contributed by atoms with Crippen LogP contribution in [-0.4, -0.2) is 49.8 Å².